The largest absolute Gasteiger partial charge is 0.387 e. The third kappa shape index (κ3) is 2.21. The van der Waals surface area contributed by atoms with E-state index < -0.39 is 27.2 Å². The summed E-state index contributed by atoms with van der Waals surface area (Å²) in [5.41, 5.74) is -2.26. The van der Waals surface area contributed by atoms with Crippen LogP contribution in [0.5, 0.6) is 0 Å². The Kier molecular flexibility index (Phi) is 3.72. The molecule has 0 aromatic carbocycles. The molecule has 0 amide bonds. The number of Topliss-reactive ketones (excluding diaryl/α,β-unsaturated/α-hetero) is 1. The van der Waals surface area contributed by atoms with Crippen molar-refractivity contribution in [3.8, 4) is 0 Å². The molecule has 6 atom stereocenters. The first-order valence-corrected chi connectivity index (χ1v) is 11.5. The first kappa shape index (κ1) is 18.9. The lowest BCUT2D eigenvalue weighted by molar-refractivity contribution is -0.237. The fourth-order valence-electron chi connectivity index (χ4n) is 6.89. The minimum absolute atomic E-state index is 0.0217. The summed E-state index contributed by atoms with van der Waals surface area (Å²) in [4.78, 5) is 12.6. The lowest BCUT2D eigenvalue weighted by Crippen LogP contribution is -2.67. The molecule has 5 nitrogen and oxygen atoms in total. The van der Waals surface area contributed by atoms with Crippen molar-refractivity contribution in [2.24, 2.45) is 34.0 Å². The quantitative estimate of drug-likeness (QED) is 0.754. The molecule has 5 saturated carbocycles. The molecule has 5 fully saturated rings. The lowest BCUT2D eigenvalue weighted by Gasteiger charge is -2.64. The van der Waals surface area contributed by atoms with Crippen LogP contribution in [0, 0.1) is 34.0 Å². The van der Waals surface area contributed by atoms with Gasteiger partial charge in [-0.1, -0.05) is 27.7 Å². The summed E-state index contributed by atoms with van der Waals surface area (Å²) in [5, 5.41) is 11.0. The summed E-state index contributed by atoms with van der Waals surface area (Å²) in [6.07, 6.45) is 2.80. The van der Waals surface area contributed by atoms with E-state index in [0.717, 1.165) is 12.8 Å². The van der Waals surface area contributed by atoms with Crippen molar-refractivity contribution in [1.29, 1.82) is 0 Å². The van der Waals surface area contributed by atoms with Crippen LogP contribution >= 0.6 is 0 Å². The van der Waals surface area contributed by atoms with Crippen LogP contribution in [-0.2, 0) is 19.1 Å². The summed E-state index contributed by atoms with van der Waals surface area (Å²) in [6.45, 7) is 10.0. The molecule has 148 valence electrons. The minimum atomic E-state index is -3.90. The van der Waals surface area contributed by atoms with Gasteiger partial charge in [0.2, 0.25) is 0 Å². The number of hydrogen-bond donors (Lipinski definition) is 1. The Balaban J connectivity index is 1.55. The zero-order valence-electron chi connectivity index (χ0n) is 16.5. The zero-order chi connectivity index (χ0) is 19.3. The molecular formula is C20H32O5S. The van der Waals surface area contributed by atoms with Crippen molar-refractivity contribution in [2.45, 2.75) is 78.4 Å². The van der Waals surface area contributed by atoms with Gasteiger partial charge in [-0.05, 0) is 61.2 Å². The zero-order valence-corrected chi connectivity index (χ0v) is 17.4. The molecule has 26 heavy (non-hydrogen) atoms. The van der Waals surface area contributed by atoms with Crippen molar-refractivity contribution >= 4 is 15.9 Å². The van der Waals surface area contributed by atoms with Gasteiger partial charge in [0.1, 0.15) is 11.9 Å². The smallest absolute Gasteiger partial charge is 0.268 e. The van der Waals surface area contributed by atoms with Crippen LogP contribution in [0.25, 0.3) is 0 Å². The van der Waals surface area contributed by atoms with Crippen molar-refractivity contribution in [2.75, 3.05) is 5.75 Å². The Bertz CT molecular complexity index is 750. The Labute approximate surface area is 157 Å². The molecule has 5 rings (SSSR count). The normalized spacial score (nSPS) is 48.5. The van der Waals surface area contributed by atoms with Gasteiger partial charge >= 0.3 is 0 Å². The molecule has 0 saturated heterocycles. The molecule has 1 N–H and O–H groups in total. The Morgan fingerprint density at radius 3 is 2.23 bits per heavy atom. The number of carbonyl (C=O) groups excluding carboxylic acids is 1. The molecule has 0 radical (unpaired) electrons. The Morgan fingerprint density at radius 1 is 1.12 bits per heavy atom. The number of ketones is 1. The third-order valence-corrected chi connectivity index (χ3v) is 10.5. The number of hydrogen-bond acceptors (Lipinski definition) is 5. The maximum atomic E-state index is 13.0. The summed E-state index contributed by atoms with van der Waals surface area (Å²) >= 11 is 0. The fraction of sp³-hybridized carbons (Fsp3) is 0.950. The first-order chi connectivity index (χ1) is 11.7. The predicted molar refractivity (Wildman–Crippen MR) is 97.8 cm³/mol. The maximum Gasteiger partial charge on any atom is 0.268 e. The highest BCUT2D eigenvalue weighted by molar-refractivity contribution is 7.86. The first-order valence-electron chi connectivity index (χ1n) is 9.91. The van der Waals surface area contributed by atoms with Crippen LogP contribution < -0.4 is 0 Å². The lowest BCUT2D eigenvalue weighted by atomic mass is 9.43. The van der Waals surface area contributed by atoms with Crippen molar-refractivity contribution < 1.29 is 22.5 Å². The van der Waals surface area contributed by atoms with E-state index in [0.29, 0.717) is 25.2 Å². The second-order valence-corrected chi connectivity index (χ2v) is 12.3. The van der Waals surface area contributed by atoms with Crippen LogP contribution in [0.1, 0.15) is 66.7 Å². The van der Waals surface area contributed by atoms with Crippen LogP contribution in [0.3, 0.4) is 0 Å². The van der Waals surface area contributed by atoms with Gasteiger partial charge in [0.15, 0.2) is 0 Å². The van der Waals surface area contributed by atoms with Gasteiger partial charge in [-0.15, -0.1) is 0 Å². The van der Waals surface area contributed by atoms with E-state index in [1.165, 1.54) is 0 Å². The van der Waals surface area contributed by atoms with Gasteiger partial charge < -0.3 is 5.11 Å². The summed E-state index contributed by atoms with van der Waals surface area (Å²) in [6, 6.07) is 0. The molecule has 4 bridgehead atoms. The summed E-state index contributed by atoms with van der Waals surface area (Å²) in [7, 11) is -3.90. The van der Waals surface area contributed by atoms with Crippen LogP contribution in [0.2, 0.25) is 0 Å². The molecule has 5 aliphatic rings. The van der Waals surface area contributed by atoms with Gasteiger partial charge in [-0.3, -0.25) is 8.98 Å². The van der Waals surface area contributed by atoms with Crippen LogP contribution in [0.15, 0.2) is 0 Å². The molecule has 6 heteroatoms. The Hall–Kier alpha value is -0.460. The number of rotatable bonds is 4. The monoisotopic (exact) mass is 384 g/mol. The topological polar surface area (TPSA) is 80.7 Å². The van der Waals surface area contributed by atoms with Gasteiger partial charge in [-0.25, -0.2) is 0 Å². The van der Waals surface area contributed by atoms with Crippen molar-refractivity contribution in [3.63, 3.8) is 0 Å². The van der Waals surface area contributed by atoms with Gasteiger partial charge in [0.05, 0.1) is 16.8 Å². The van der Waals surface area contributed by atoms with Crippen molar-refractivity contribution in [1.82, 2.24) is 0 Å². The molecule has 0 aromatic heterocycles. The number of aliphatic hydroxyl groups is 1. The van der Waals surface area contributed by atoms with E-state index in [4.69, 9.17) is 4.18 Å². The van der Waals surface area contributed by atoms with E-state index in [9.17, 15) is 18.3 Å². The standard InChI is InChI=1S/C20H32O5S/c1-17(2)13-8-14(17)19(5,22)16(10-13)25-26(23,24)11-20-7-6-12(9-15(20)21)18(20,3)4/h12-14,16,22H,6-11H2,1-5H3/t12?,13?,14?,16-,19+,20?/m1/s1. The second kappa shape index (κ2) is 5.12. The van der Waals surface area contributed by atoms with E-state index in [2.05, 4.69) is 13.8 Å². The van der Waals surface area contributed by atoms with Gasteiger partial charge in [0, 0.05) is 6.42 Å². The highest BCUT2D eigenvalue weighted by Gasteiger charge is 2.67. The van der Waals surface area contributed by atoms with E-state index in [-0.39, 0.29) is 34.2 Å². The number of carbonyl (C=O) groups is 1. The summed E-state index contributed by atoms with van der Waals surface area (Å²) in [5.74, 6) is 0.536. The average Bonchev–Trinajstić information content (AvgIpc) is 2.81. The minimum Gasteiger partial charge on any atom is -0.387 e. The molecule has 0 aromatic rings. The van der Waals surface area contributed by atoms with E-state index >= 15 is 0 Å². The van der Waals surface area contributed by atoms with E-state index in [1.54, 1.807) is 6.92 Å². The predicted octanol–water partition coefficient (Wildman–Crippen LogP) is 2.91. The molecule has 0 aliphatic heterocycles. The van der Waals surface area contributed by atoms with Gasteiger partial charge in [-0.2, -0.15) is 8.42 Å². The molecule has 0 spiro atoms. The molecular weight excluding hydrogens is 352 g/mol. The number of fused-ring (bicyclic) bond motifs is 4. The second-order valence-electron chi connectivity index (χ2n) is 10.7. The fourth-order valence-corrected chi connectivity index (χ4v) is 8.86. The van der Waals surface area contributed by atoms with Crippen LogP contribution in [0.4, 0.5) is 0 Å². The third-order valence-electron chi connectivity index (χ3n) is 9.15. The van der Waals surface area contributed by atoms with E-state index in [1.807, 2.05) is 13.8 Å². The SMILES string of the molecule is CC1(C)C2CC1[C@](C)(O)[C@H](OS(=O)(=O)CC13CCC(CC1=O)C3(C)C)C2. The van der Waals surface area contributed by atoms with Gasteiger partial charge in [0.25, 0.3) is 10.1 Å². The van der Waals surface area contributed by atoms with Crippen LogP contribution in [-0.4, -0.2) is 36.8 Å². The maximum absolute atomic E-state index is 13.0. The average molecular weight is 385 g/mol. The summed E-state index contributed by atoms with van der Waals surface area (Å²) < 4.78 is 31.5. The molecule has 4 unspecified atom stereocenters. The molecule has 5 aliphatic carbocycles. The Morgan fingerprint density at radius 2 is 1.77 bits per heavy atom. The van der Waals surface area contributed by atoms with Crippen molar-refractivity contribution in [3.05, 3.63) is 0 Å². The highest BCUT2D eigenvalue weighted by atomic mass is 32.2. The molecule has 0 heterocycles. The highest BCUT2D eigenvalue weighted by Crippen LogP contribution is 2.65.